The third kappa shape index (κ3) is 3.93. The Morgan fingerprint density at radius 1 is 1.26 bits per heavy atom. The summed E-state index contributed by atoms with van der Waals surface area (Å²) in [7, 11) is 0. The molecule has 0 aromatic heterocycles. The molecule has 2 atom stereocenters. The molecule has 2 rings (SSSR count). The fraction of sp³-hybridized carbons (Fsp3) is 0.933. The molecule has 4 heteroatoms. The van der Waals surface area contributed by atoms with Crippen molar-refractivity contribution in [2.24, 2.45) is 11.7 Å². The summed E-state index contributed by atoms with van der Waals surface area (Å²) >= 11 is 0. The Hall–Kier alpha value is -0.610. The van der Waals surface area contributed by atoms with E-state index in [0.29, 0.717) is 18.9 Å². The minimum atomic E-state index is 0.256. The fourth-order valence-electron chi connectivity index (χ4n) is 3.36. The summed E-state index contributed by atoms with van der Waals surface area (Å²) in [6, 6.07) is 0.256. The van der Waals surface area contributed by atoms with Crippen molar-refractivity contribution >= 4 is 5.91 Å². The molecule has 0 aromatic carbocycles. The summed E-state index contributed by atoms with van der Waals surface area (Å²) in [5.74, 6) is 1.12. The minimum absolute atomic E-state index is 0.256. The number of nitrogens with two attached hydrogens (primary N) is 1. The molecule has 0 aromatic rings. The lowest BCUT2D eigenvalue weighted by atomic mass is 10.1. The number of amides is 1. The van der Waals surface area contributed by atoms with Crippen LogP contribution in [0, 0.1) is 5.92 Å². The molecule has 1 amide bonds. The molecule has 2 unspecified atom stereocenters. The van der Waals surface area contributed by atoms with Crippen LogP contribution in [-0.4, -0.2) is 54.5 Å². The third-order valence-corrected chi connectivity index (χ3v) is 4.80. The minimum Gasteiger partial charge on any atom is -0.343 e. The van der Waals surface area contributed by atoms with Crippen LogP contribution in [0.25, 0.3) is 0 Å². The zero-order valence-corrected chi connectivity index (χ0v) is 12.3. The Bertz CT molecular complexity index is 289. The number of nitrogens with zero attached hydrogens (tertiary/aromatic N) is 2. The van der Waals surface area contributed by atoms with Crippen molar-refractivity contribution < 1.29 is 4.79 Å². The molecule has 2 heterocycles. The van der Waals surface area contributed by atoms with Gasteiger partial charge < -0.3 is 10.6 Å². The lowest BCUT2D eigenvalue weighted by Gasteiger charge is -2.31. The van der Waals surface area contributed by atoms with E-state index in [-0.39, 0.29) is 6.04 Å². The van der Waals surface area contributed by atoms with Crippen LogP contribution in [0.5, 0.6) is 0 Å². The molecule has 110 valence electrons. The van der Waals surface area contributed by atoms with Gasteiger partial charge in [0.1, 0.15) is 0 Å². The molecule has 2 aliphatic heterocycles. The van der Waals surface area contributed by atoms with E-state index in [2.05, 4.69) is 11.8 Å². The highest BCUT2D eigenvalue weighted by atomic mass is 16.2. The highest BCUT2D eigenvalue weighted by molar-refractivity contribution is 5.77. The van der Waals surface area contributed by atoms with Gasteiger partial charge in [0.25, 0.3) is 0 Å². The Morgan fingerprint density at radius 2 is 2.00 bits per heavy atom. The SMILES string of the molecule is CCC1CCN(C(CN)CC(=O)N2CCCCC2)C1. The quantitative estimate of drug-likeness (QED) is 0.820. The van der Waals surface area contributed by atoms with Crippen LogP contribution in [-0.2, 0) is 4.79 Å². The maximum Gasteiger partial charge on any atom is 0.224 e. The first-order valence-corrected chi connectivity index (χ1v) is 7.96. The number of carbonyl (C=O) groups excluding carboxylic acids is 1. The number of carbonyl (C=O) groups is 1. The zero-order chi connectivity index (χ0) is 13.7. The molecular weight excluding hydrogens is 238 g/mol. The topological polar surface area (TPSA) is 49.6 Å². The van der Waals surface area contributed by atoms with Gasteiger partial charge in [-0.1, -0.05) is 13.3 Å². The summed E-state index contributed by atoms with van der Waals surface area (Å²) in [4.78, 5) is 16.8. The molecule has 0 spiro atoms. The number of piperidine rings is 1. The monoisotopic (exact) mass is 267 g/mol. The lowest BCUT2D eigenvalue weighted by Crippen LogP contribution is -2.45. The van der Waals surface area contributed by atoms with Crippen molar-refractivity contribution in [3.05, 3.63) is 0 Å². The van der Waals surface area contributed by atoms with E-state index in [0.717, 1.165) is 32.1 Å². The second-order valence-corrected chi connectivity index (χ2v) is 6.09. The standard InChI is InChI=1S/C15H29N3O/c1-2-13-6-9-18(12-13)14(11-16)10-15(19)17-7-4-3-5-8-17/h13-14H,2-12,16H2,1H3. The van der Waals surface area contributed by atoms with Gasteiger partial charge in [-0.15, -0.1) is 0 Å². The smallest absolute Gasteiger partial charge is 0.224 e. The van der Waals surface area contributed by atoms with Crippen LogP contribution >= 0.6 is 0 Å². The van der Waals surface area contributed by atoms with E-state index < -0.39 is 0 Å². The molecule has 2 N–H and O–H groups in total. The lowest BCUT2D eigenvalue weighted by molar-refractivity contribution is -0.133. The van der Waals surface area contributed by atoms with Crippen molar-refractivity contribution in [1.82, 2.24) is 9.80 Å². The summed E-state index contributed by atoms with van der Waals surface area (Å²) in [5, 5.41) is 0. The van der Waals surface area contributed by atoms with Crippen LogP contribution in [0.4, 0.5) is 0 Å². The highest BCUT2D eigenvalue weighted by Crippen LogP contribution is 2.22. The van der Waals surface area contributed by atoms with Crippen molar-refractivity contribution in [2.75, 3.05) is 32.7 Å². The van der Waals surface area contributed by atoms with E-state index in [9.17, 15) is 4.79 Å². The average molecular weight is 267 g/mol. The second-order valence-electron chi connectivity index (χ2n) is 6.09. The maximum atomic E-state index is 12.3. The number of rotatable bonds is 5. The first kappa shape index (κ1) is 14.8. The molecule has 2 fully saturated rings. The van der Waals surface area contributed by atoms with Crippen LogP contribution in [0.15, 0.2) is 0 Å². The first-order valence-electron chi connectivity index (χ1n) is 7.96. The summed E-state index contributed by atoms with van der Waals surface area (Å²) in [5.41, 5.74) is 5.90. The van der Waals surface area contributed by atoms with E-state index in [1.165, 1.54) is 32.1 Å². The molecule has 0 saturated carbocycles. The van der Waals surface area contributed by atoms with Gasteiger partial charge >= 0.3 is 0 Å². The molecule has 2 saturated heterocycles. The van der Waals surface area contributed by atoms with E-state index in [1.54, 1.807) is 0 Å². The van der Waals surface area contributed by atoms with E-state index >= 15 is 0 Å². The van der Waals surface area contributed by atoms with Crippen molar-refractivity contribution in [1.29, 1.82) is 0 Å². The molecule has 0 aliphatic carbocycles. The summed E-state index contributed by atoms with van der Waals surface area (Å²) in [6.45, 7) is 7.02. The van der Waals surface area contributed by atoms with Crippen molar-refractivity contribution in [3.63, 3.8) is 0 Å². The van der Waals surface area contributed by atoms with Crippen molar-refractivity contribution in [3.8, 4) is 0 Å². The molecule has 4 nitrogen and oxygen atoms in total. The van der Waals surface area contributed by atoms with Crippen molar-refractivity contribution in [2.45, 2.75) is 51.5 Å². The van der Waals surface area contributed by atoms with E-state index in [4.69, 9.17) is 5.73 Å². The van der Waals surface area contributed by atoms with Gasteiger partial charge in [-0.2, -0.15) is 0 Å². The second kappa shape index (κ2) is 7.25. The van der Waals surface area contributed by atoms with Gasteiger partial charge in [0.15, 0.2) is 0 Å². The summed E-state index contributed by atoms with van der Waals surface area (Å²) < 4.78 is 0. The Balaban J connectivity index is 1.82. The van der Waals surface area contributed by atoms with Crippen LogP contribution in [0.1, 0.15) is 45.4 Å². The molecule has 0 radical (unpaired) electrons. The molecule has 2 aliphatic rings. The Labute approximate surface area is 117 Å². The van der Waals surface area contributed by atoms with Gasteiger partial charge in [0.2, 0.25) is 5.91 Å². The van der Waals surface area contributed by atoms with Gasteiger partial charge in [0, 0.05) is 38.6 Å². The zero-order valence-electron chi connectivity index (χ0n) is 12.3. The summed E-state index contributed by atoms with van der Waals surface area (Å²) in [6.07, 6.45) is 6.74. The largest absolute Gasteiger partial charge is 0.343 e. The Morgan fingerprint density at radius 3 is 2.58 bits per heavy atom. The Kier molecular flexibility index (Phi) is 5.64. The first-order chi connectivity index (χ1) is 9.24. The van der Waals surface area contributed by atoms with Gasteiger partial charge in [-0.25, -0.2) is 0 Å². The number of hydrogen-bond acceptors (Lipinski definition) is 3. The predicted octanol–water partition coefficient (Wildman–Crippen LogP) is 1.45. The normalized spacial score (nSPS) is 26.6. The number of likely N-dealkylation sites (tertiary alicyclic amines) is 2. The highest BCUT2D eigenvalue weighted by Gasteiger charge is 2.29. The average Bonchev–Trinajstić information content (AvgIpc) is 2.94. The van der Waals surface area contributed by atoms with Gasteiger partial charge in [0.05, 0.1) is 0 Å². The van der Waals surface area contributed by atoms with Crippen LogP contribution in [0.3, 0.4) is 0 Å². The molecular formula is C15H29N3O. The van der Waals surface area contributed by atoms with Crippen LogP contribution < -0.4 is 5.73 Å². The maximum absolute atomic E-state index is 12.3. The van der Waals surface area contributed by atoms with Gasteiger partial charge in [-0.3, -0.25) is 9.69 Å². The molecule has 0 bridgehead atoms. The van der Waals surface area contributed by atoms with Gasteiger partial charge in [-0.05, 0) is 38.1 Å². The number of hydrogen-bond donors (Lipinski definition) is 1. The van der Waals surface area contributed by atoms with Crippen LogP contribution in [0.2, 0.25) is 0 Å². The fourth-order valence-corrected chi connectivity index (χ4v) is 3.36. The predicted molar refractivity (Wildman–Crippen MR) is 77.9 cm³/mol. The van der Waals surface area contributed by atoms with E-state index in [1.807, 2.05) is 4.90 Å². The molecule has 19 heavy (non-hydrogen) atoms. The third-order valence-electron chi connectivity index (χ3n) is 4.80.